The standard InChI is InChI=1S/C6H10O3/c7-5(6(8)9)4-2-1-3-4/h4-5,7H,1-3H2,(H,8,9). The number of hydrogen-bond donors (Lipinski definition) is 2. The summed E-state index contributed by atoms with van der Waals surface area (Å²) in [4.78, 5) is 10.1. The van der Waals surface area contributed by atoms with Crippen LogP contribution in [0, 0.1) is 5.92 Å². The first-order valence-electron chi connectivity index (χ1n) is 3.12. The summed E-state index contributed by atoms with van der Waals surface area (Å²) in [5, 5.41) is 17.1. The maximum absolute atomic E-state index is 10.1. The van der Waals surface area contributed by atoms with E-state index >= 15 is 0 Å². The van der Waals surface area contributed by atoms with Gasteiger partial charge >= 0.3 is 5.97 Å². The first kappa shape index (κ1) is 6.55. The zero-order valence-electron chi connectivity index (χ0n) is 5.08. The number of aliphatic carboxylic acids is 1. The van der Waals surface area contributed by atoms with Crippen LogP contribution in [0.5, 0.6) is 0 Å². The Morgan fingerprint density at radius 2 is 2.11 bits per heavy atom. The van der Waals surface area contributed by atoms with Gasteiger partial charge in [0, 0.05) is 0 Å². The van der Waals surface area contributed by atoms with E-state index in [1.54, 1.807) is 0 Å². The lowest BCUT2D eigenvalue weighted by atomic mass is 9.81. The molecule has 0 aromatic rings. The third-order valence-corrected chi connectivity index (χ3v) is 1.85. The van der Waals surface area contributed by atoms with E-state index in [1.165, 1.54) is 0 Å². The molecule has 0 spiro atoms. The molecule has 0 aromatic heterocycles. The highest BCUT2D eigenvalue weighted by Gasteiger charge is 2.30. The van der Waals surface area contributed by atoms with Crippen LogP contribution in [-0.2, 0) is 4.79 Å². The Bertz CT molecular complexity index is 117. The van der Waals surface area contributed by atoms with Gasteiger partial charge in [0.05, 0.1) is 0 Å². The summed E-state index contributed by atoms with van der Waals surface area (Å²) < 4.78 is 0. The summed E-state index contributed by atoms with van der Waals surface area (Å²) >= 11 is 0. The largest absolute Gasteiger partial charge is 0.479 e. The van der Waals surface area contributed by atoms with Crippen LogP contribution >= 0.6 is 0 Å². The number of aliphatic hydroxyl groups excluding tert-OH is 1. The molecule has 9 heavy (non-hydrogen) atoms. The van der Waals surface area contributed by atoms with E-state index in [-0.39, 0.29) is 5.92 Å². The molecule has 1 saturated carbocycles. The van der Waals surface area contributed by atoms with Gasteiger partial charge in [0.1, 0.15) is 0 Å². The topological polar surface area (TPSA) is 57.5 Å². The number of carboxylic acid groups (broad SMARTS) is 1. The van der Waals surface area contributed by atoms with Crippen LogP contribution in [0.25, 0.3) is 0 Å². The second-order valence-electron chi connectivity index (χ2n) is 2.47. The Morgan fingerprint density at radius 3 is 2.22 bits per heavy atom. The Balaban J connectivity index is 2.32. The molecule has 2 N–H and O–H groups in total. The van der Waals surface area contributed by atoms with Crippen molar-refractivity contribution in [1.29, 1.82) is 0 Å². The molecule has 1 unspecified atom stereocenters. The first-order chi connectivity index (χ1) is 4.22. The highest BCUT2D eigenvalue weighted by Crippen LogP contribution is 2.29. The van der Waals surface area contributed by atoms with Crippen molar-refractivity contribution in [2.75, 3.05) is 0 Å². The summed E-state index contributed by atoms with van der Waals surface area (Å²) in [5.74, 6) is -1.05. The van der Waals surface area contributed by atoms with Gasteiger partial charge < -0.3 is 10.2 Å². The van der Waals surface area contributed by atoms with Crippen molar-refractivity contribution in [1.82, 2.24) is 0 Å². The molecule has 1 rings (SSSR count). The van der Waals surface area contributed by atoms with Crippen LogP contribution in [0.4, 0.5) is 0 Å². The van der Waals surface area contributed by atoms with Crippen molar-refractivity contribution >= 4 is 5.97 Å². The smallest absolute Gasteiger partial charge is 0.332 e. The predicted octanol–water partition coefficient (Wildman–Crippen LogP) is 0.232. The molecular formula is C6H10O3. The van der Waals surface area contributed by atoms with Crippen molar-refractivity contribution in [2.24, 2.45) is 5.92 Å². The molecule has 52 valence electrons. The van der Waals surface area contributed by atoms with E-state index in [0.29, 0.717) is 0 Å². The van der Waals surface area contributed by atoms with Crippen molar-refractivity contribution in [2.45, 2.75) is 25.4 Å². The van der Waals surface area contributed by atoms with E-state index in [0.717, 1.165) is 19.3 Å². The van der Waals surface area contributed by atoms with Crippen LogP contribution in [0.3, 0.4) is 0 Å². The molecule has 1 fully saturated rings. The molecule has 3 nitrogen and oxygen atoms in total. The van der Waals surface area contributed by atoms with Gasteiger partial charge in [0.25, 0.3) is 0 Å². The number of aliphatic hydroxyl groups is 1. The predicted molar refractivity (Wildman–Crippen MR) is 31.0 cm³/mol. The van der Waals surface area contributed by atoms with Crippen molar-refractivity contribution < 1.29 is 15.0 Å². The second kappa shape index (κ2) is 2.35. The molecule has 0 aromatic carbocycles. The minimum atomic E-state index is -1.11. The number of carboxylic acids is 1. The van der Waals surface area contributed by atoms with Crippen LogP contribution in [0.2, 0.25) is 0 Å². The molecular weight excluding hydrogens is 120 g/mol. The third-order valence-electron chi connectivity index (χ3n) is 1.85. The van der Waals surface area contributed by atoms with E-state index in [1.807, 2.05) is 0 Å². The maximum atomic E-state index is 10.1. The lowest BCUT2D eigenvalue weighted by Gasteiger charge is -2.27. The zero-order valence-corrected chi connectivity index (χ0v) is 5.08. The van der Waals surface area contributed by atoms with Crippen LogP contribution in [0.1, 0.15) is 19.3 Å². The van der Waals surface area contributed by atoms with Gasteiger partial charge in [-0.2, -0.15) is 0 Å². The fourth-order valence-corrected chi connectivity index (χ4v) is 0.957. The van der Waals surface area contributed by atoms with E-state index in [4.69, 9.17) is 10.2 Å². The molecule has 0 radical (unpaired) electrons. The molecule has 3 heteroatoms. The lowest BCUT2D eigenvalue weighted by Crippen LogP contribution is -2.33. The second-order valence-corrected chi connectivity index (χ2v) is 2.47. The SMILES string of the molecule is O=C(O)C(O)C1CCC1. The molecule has 0 saturated heterocycles. The third kappa shape index (κ3) is 1.21. The van der Waals surface area contributed by atoms with Crippen LogP contribution in [-0.4, -0.2) is 22.3 Å². The zero-order chi connectivity index (χ0) is 6.85. The van der Waals surface area contributed by atoms with E-state index in [2.05, 4.69) is 0 Å². The van der Waals surface area contributed by atoms with E-state index < -0.39 is 12.1 Å². The maximum Gasteiger partial charge on any atom is 0.332 e. The molecule has 0 aliphatic heterocycles. The number of hydrogen-bond acceptors (Lipinski definition) is 2. The quantitative estimate of drug-likeness (QED) is 0.562. The normalized spacial score (nSPS) is 22.8. The molecule has 0 amide bonds. The fraction of sp³-hybridized carbons (Fsp3) is 0.833. The van der Waals surface area contributed by atoms with Gasteiger partial charge in [-0.05, 0) is 18.8 Å². The highest BCUT2D eigenvalue weighted by molar-refractivity contribution is 5.72. The van der Waals surface area contributed by atoms with Gasteiger partial charge in [-0.25, -0.2) is 4.79 Å². The monoisotopic (exact) mass is 130 g/mol. The first-order valence-corrected chi connectivity index (χ1v) is 3.12. The van der Waals surface area contributed by atoms with Gasteiger partial charge in [0.15, 0.2) is 6.10 Å². The molecule has 0 heterocycles. The molecule has 1 aliphatic carbocycles. The molecule has 0 bridgehead atoms. The van der Waals surface area contributed by atoms with Crippen LogP contribution < -0.4 is 0 Å². The lowest BCUT2D eigenvalue weighted by molar-refractivity contribution is -0.151. The Kier molecular flexibility index (Phi) is 1.71. The Hall–Kier alpha value is -0.570. The van der Waals surface area contributed by atoms with Gasteiger partial charge in [-0.3, -0.25) is 0 Å². The Morgan fingerprint density at radius 1 is 1.56 bits per heavy atom. The summed E-state index contributed by atoms with van der Waals surface area (Å²) in [5.41, 5.74) is 0. The van der Waals surface area contributed by atoms with Crippen LogP contribution in [0.15, 0.2) is 0 Å². The average Bonchev–Trinajstić information content (AvgIpc) is 1.60. The summed E-state index contributed by atoms with van der Waals surface area (Å²) in [6.45, 7) is 0. The summed E-state index contributed by atoms with van der Waals surface area (Å²) in [7, 11) is 0. The van der Waals surface area contributed by atoms with Gasteiger partial charge in [0.2, 0.25) is 0 Å². The van der Waals surface area contributed by atoms with Gasteiger partial charge in [-0.15, -0.1) is 0 Å². The molecule has 1 atom stereocenters. The number of carbonyl (C=O) groups is 1. The van der Waals surface area contributed by atoms with E-state index in [9.17, 15) is 4.79 Å². The minimum absolute atomic E-state index is 0.0301. The van der Waals surface area contributed by atoms with Crippen molar-refractivity contribution in [3.05, 3.63) is 0 Å². The Labute approximate surface area is 53.3 Å². The molecule has 1 aliphatic rings. The highest BCUT2D eigenvalue weighted by atomic mass is 16.4. The number of rotatable bonds is 2. The van der Waals surface area contributed by atoms with Crippen molar-refractivity contribution in [3.8, 4) is 0 Å². The fourth-order valence-electron chi connectivity index (χ4n) is 0.957. The van der Waals surface area contributed by atoms with Crippen molar-refractivity contribution in [3.63, 3.8) is 0 Å². The summed E-state index contributed by atoms with van der Waals surface area (Å²) in [6.07, 6.45) is 1.69. The summed E-state index contributed by atoms with van der Waals surface area (Å²) in [6, 6.07) is 0. The van der Waals surface area contributed by atoms with Gasteiger partial charge in [-0.1, -0.05) is 6.42 Å². The minimum Gasteiger partial charge on any atom is -0.479 e. The average molecular weight is 130 g/mol.